The van der Waals surface area contributed by atoms with Crippen molar-refractivity contribution in [1.82, 2.24) is 5.32 Å². The lowest BCUT2D eigenvalue weighted by Gasteiger charge is -2.24. The number of nitrogens with one attached hydrogen (secondary N) is 1. The van der Waals surface area contributed by atoms with E-state index in [0.29, 0.717) is 33.8 Å². The lowest BCUT2D eigenvalue weighted by Crippen LogP contribution is -2.41. The zero-order valence-corrected chi connectivity index (χ0v) is 23.2. The number of rotatable bonds is 12. The van der Waals surface area contributed by atoms with Gasteiger partial charge in [-0.3, -0.25) is 9.10 Å². The normalized spacial score (nSPS) is 11.2. The molecule has 198 valence electrons. The molecular weight excluding hydrogens is 562 g/mol. The molecule has 3 rings (SSSR count). The number of carbonyl (C=O) groups excluding carboxylic acids is 1. The molecule has 0 fully saturated rings. The number of methoxy groups -OCH3 is 2. The number of sulfonamides is 1. The molecule has 0 aliphatic carbocycles. The largest absolute Gasteiger partial charge is 0.493 e. The zero-order valence-electron chi connectivity index (χ0n) is 20.0. The maximum Gasteiger partial charge on any atom is 0.264 e. The number of hydrogen-bond donors (Lipinski definition) is 1. The van der Waals surface area contributed by atoms with E-state index in [9.17, 15) is 17.6 Å². The van der Waals surface area contributed by atoms with Crippen LogP contribution in [0.5, 0.6) is 11.5 Å². The summed E-state index contributed by atoms with van der Waals surface area (Å²) in [6.45, 7) is -0.182. The highest BCUT2D eigenvalue weighted by atomic mass is 35.5. The molecule has 37 heavy (non-hydrogen) atoms. The summed E-state index contributed by atoms with van der Waals surface area (Å²) in [7, 11) is -1.39. The summed E-state index contributed by atoms with van der Waals surface area (Å²) in [5.74, 6) is 0.781. The second kappa shape index (κ2) is 13.2. The van der Waals surface area contributed by atoms with Crippen LogP contribution in [0.25, 0.3) is 0 Å². The van der Waals surface area contributed by atoms with E-state index < -0.39 is 28.3 Å². The molecule has 0 radical (unpaired) electrons. The molecule has 0 atom stereocenters. The van der Waals surface area contributed by atoms with E-state index in [1.54, 1.807) is 23.9 Å². The second-order valence-corrected chi connectivity index (χ2v) is 11.4. The van der Waals surface area contributed by atoms with Gasteiger partial charge in [-0.25, -0.2) is 12.8 Å². The summed E-state index contributed by atoms with van der Waals surface area (Å²) in [4.78, 5) is 12.6. The molecule has 0 aliphatic rings. The van der Waals surface area contributed by atoms with Crippen LogP contribution in [-0.2, 0) is 20.6 Å². The minimum absolute atomic E-state index is 0.112. The SMILES string of the molecule is COc1ccc(S(=O)(=O)N(CC(=O)NCCSCc2ccc(Cl)c(Cl)c2)c2ccc(F)cc2)cc1OC. The van der Waals surface area contributed by atoms with Gasteiger partial charge in [-0.05, 0) is 54.1 Å². The molecular formula is C25H25Cl2FN2O5S2. The van der Waals surface area contributed by atoms with Crippen molar-refractivity contribution < 1.29 is 27.1 Å². The molecule has 1 N–H and O–H groups in total. The third kappa shape index (κ3) is 7.67. The molecule has 3 aromatic rings. The van der Waals surface area contributed by atoms with Crippen molar-refractivity contribution in [3.8, 4) is 11.5 Å². The van der Waals surface area contributed by atoms with Crippen molar-refractivity contribution in [2.75, 3.05) is 37.4 Å². The summed E-state index contributed by atoms with van der Waals surface area (Å²) in [6.07, 6.45) is 0. The van der Waals surface area contributed by atoms with Crippen LogP contribution in [0.1, 0.15) is 5.56 Å². The molecule has 0 aromatic heterocycles. The summed E-state index contributed by atoms with van der Waals surface area (Å²) < 4.78 is 51.9. The van der Waals surface area contributed by atoms with Gasteiger partial charge in [-0.2, -0.15) is 11.8 Å². The number of benzene rings is 3. The molecule has 0 bridgehead atoms. The number of ether oxygens (including phenoxy) is 2. The van der Waals surface area contributed by atoms with Gasteiger partial charge in [0, 0.05) is 24.1 Å². The average Bonchev–Trinajstić information content (AvgIpc) is 2.89. The van der Waals surface area contributed by atoms with Gasteiger partial charge in [0.05, 0.1) is 34.8 Å². The Morgan fingerprint density at radius 2 is 1.68 bits per heavy atom. The van der Waals surface area contributed by atoms with E-state index in [-0.39, 0.29) is 16.3 Å². The predicted octanol–water partition coefficient (Wildman–Crippen LogP) is 5.39. The number of halogens is 3. The highest BCUT2D eigenvalue weighted by Gasteiger charge is 2.28. The number of carbonyl (C=O) groups is 1. The molecule has 0 aliphatic heterocycles. The number of amides is 1. The van der Waals surface area contributed by atoms with E-state index in [0.717, 1.165) is 22.0 Å². The van der Waals surface area contributed by atoms with Crippen LogP contribution in [-0.4, -0.2) is 47.4 Å². The number of thioether (sulfide) groups is 1. The van der Waals surface area contributed by atoms with E-state index in [4.69, 9.17) is 32.7 Å². The first-order chi connectivity index (χ1) is 17.6. The van der Waals surface area contributed by atoms with Gasteiger partial charge in [0.2, 0.25) is 5.91 Å². The fraction of sp³-hybridized carbons (Fsp3) is 0.240. The molecule has 1 amide bonds. The van der Waals surface area contributed by atoms with Gasteiger partial charge in [-0.1, -0.05) is 29.3 Å². The smallest absolute Gasteiger partial charge is 0.264 e. The van der Waals surface area contributed by atoms with Gasteiger partial charge in [0.1, 0.15) is 12.4 Å². The molecule has 3 aromatic carbocycles. The molecule has 0 heterocycles. The Labute approximate surface area is 229 Å². The Hall–Kier alpha value is -2.66. The molecule has 7 nitrogen and oxygen atoms in total. The van der Waals surface area contributed by atoms with Crippen molar-refractivity contribution in [3.05, 3.63) is 82.1 Å². The maximum atomic E-state index is 13.5. The van der Waals surface area contributed by atoms with E-state index in [2.05, 4.69) is 5.32 Å². The second-order valence-electron chi connectivity index (χ2n) is 7.66. The molecule has 0 spiro atoms. The van der Waals surface area contributed by atoms with Crippen molar-refractivity contribution >= 4 is 56.6 Å². The minimum Gasteiger partial charge on any atom is -0.493 e. The Morgan fingerprint density at radius 3 is 2.32 bits per heavy atom. The van der Waals surface area contributed by atoms with Crippen LogP contribution in [0.2, 0.25) is 10.0 Å². The fourth-order valence-corrected chi connectivity index (χ4v) is 5.86. The lowest BCUT2D eigenvalue weighted by atomic mass is 10.2. The first kappa shape index (κ1) is 28.9. The van der Waals surface area contributed by atoms with Crippen LogP contribution in [0, 0.1) is 5.82 Å². The third-order valence-corrected chi connectivity index (χ3v) is 8.71. The van der Waals surface area contributed by atoms with Crippen LogP contribution in [0.15, 0.2) is 65.6 Å². The van der Waals surface area contributed by atoms with Gasteiger partial charge < -0.3 is 14.8 Å². The Morgan fingerprint density at radius 1 is 0.973 bits per heavy atom. The van der Waals surface area contributed by atoms with E-state index in [1.807, 2.05) is 6.07 Å². The Kier molecular flexibility index (Phi) is 10.3. The van der Waals surface area contributed by atoms with Gasteiger partial charge in [-0.15, -0.1) is 0 Å². The predicted molar refractivity (Wildman–Crippen MR) is 146 cm³/mol. The molecule has 0 saturated carbocycles. The van der Waals surface area contributed by atoms with Crippen LogP contribution >= 0.6 is 35.0 Å². The summed E-state index contributed by atoms with van der Waals surface area (Å²) >= 11 is 13.5. The topological polar surface area (TPSA) is 84.9 Å². The Balaban J connectivity index is 1.69. The van der Waals surface area contributed by atoms with Crippen LogP contribution in [0.3, 0.4) is 0 Å². The fourth-order valence-electron chi connectivity index (χ4n) is 3.30. The molecule has 0 unspecified atom stereocenters. The first-order valence-electron chi connectivity index (χ1n) is 10.9. The van der Waals surface area contributed by atoms with Gasteiger partial charge in [0.25, 0.3) is 10.0 Å². The van der Waals surface area contributed by atoms with E-state index in [1.165, 1.54) is 44.6 Å². The van der Waals surface area contributed by atoms with Gasteiger partial charge >= 0.3 is 0 Å². The quantitative estimate of drug-likeness (QED) is 0.286. The van der Waals surface area contributed by atoms with Gasteiger partial charge in [0.15, 0.2) is 11.5 Å². The van der Waals surface area contributed by atoms with Crippen molar-refractivity contribution in [2.24, 2.45) is 0 Å². The monoisotopic (exact) mass is 586 g/mol. The highest BCUT2D eigenvalue weighted by Crippen LogP contribution is 2.32. The zero-order chi connectivity index (χ0) is 27.0. The Bertz CT molecular complexity index is 1340. The third-order valence-electron chi connectivity index (χ3n) is 5.17. The number of nitrogens with zero attached hydrogens (tertiary/aromatic N) is 1. The number of hydrogen-bond acceptors (Lipinski definition) is 6. The minimum atomic E-state index is -4.21. The standard InChI is InChI=1S/C25H25Cl2FN2O5S2/c1-34-23-10-8-20(14-24(23)35-2)37(32,33)30(19-6-4-18(28)5-7-19)15-25(31)29-11-12-36-16-17-3-9-21(26)22(27)13-17/h3-10,13-14H,11-12,15-16H2,1-2H3,(H,29,31). The molecule has 0 saturated heterocycles. The highest BCUT2D eigenvalue weighted by molar-refractivity contribution is 7.98. The maximum absolute atomic E-state index is 13.5. The van der Waals surface area contributed by atoms with Crippen LogP contribution < -0.4 is 19.1 Å². The first-order valence-corrected chi connectivity index (χ1v) is 14.3. The summed E-state index contributed by atoms with van der Waals surface area (Å²) in [6, 6.07) is 14.4. The number of anilines is 1. The molecule has 12 heteroatoms. The average molecular weight is 588 g/mol. The van der Waals surface area contributed by atoms with Crippen molar-refractivity contribution in [3.63, 3.8) is 0 Å². The van der Waals surface area contributed by atoms with Crippen LogP contribution in [0.4, 0.5) is 10.1 Å². The summed E-state index contributed by atoms with van der Waals surface area (Å²) in [5, 5.41) is 3.69. The van der Waals surface area contributed by atoms with Crippen molar-refractivity contribution in [1.29, 1.82) is 0 Å². The van der Waals surface area contributed by atoms with E-state index >= 15 is 0 Å². The van der Waals surface area contributed by atoms with Crippen molar-refractivity contribution in [2.45, 2.75) is 10.6 Å². The lowest BCUT2D eigenvalue weighted by molar-refractivity contribution is -0.119. The summed E-state index contributed by atoms with van der Waals surface area (Å²) in [5.41, 5.74) is 1.13.